The van der Waals surface area contributed by atoms with Gasteiger partial charge >= 0.3 is 0 Å². The molecule has 0 spiro atoms. The molecule has 0 atom stereocenters. The number of fused-ring (bicyclic) bond motifs is 5. The van der Waals surface area contributed by atoms with Gasteiger partial charge in [-0.15, -0.1) is 0 Å². The second kappa shape index (κ2) is 10.4. The highest BCUT2D eigenvalue weighted by Crippen LogP contribution is 2.44. The number of para-hydroxylation sites is 1. The minimum absolute atomic E-state index is 0.0800. The quantitative estimate of drug-likeness (QED) is 0.187. The largest absolute Gasteiger partial charge is 0.455 e. The molecule has 0 radical (unpaired) electrons. The lowest BCUT2D eigenvalue weighted by molar-refractivity contribution is 0.670. The van der Waals surface area contributed by atoms with Crippen LogP contribution in [0, 0.1) is 0 Å². The predicted octanol–water partition coefficient (Wildman–Crippen LogP) is 12.6. The molecule has 9 rings (SSSR count). The van der Waals surface area contributed by atoms with E-state index in [0.717, 1.165) is 38.6 Å². The smallest absolute Gasteiger partial charge is 0.143 e. The average Bonchev–Trinajstić information content (AvgIpc) is 3.62. The van der Waals surface area contributed by atoms with Crippen molar-refractivity contribution >= 4 is 43.5 Å². The van der Waals surface area contributed by atoms with E-state index in [1.807, 2.05) is 78.9 Å². The van der Waals surface area contributed by atoms with Crippen molar-refractivity contribution in [2.45, 2.75) is 0 Å². The molecule has 0 N–H and O–H groups in total. The highest BCUT2D eigenvalue weighted by molar-refractivity contribution is 6.21. The Bertz CT molecular complexity index is 3140. The summed E-state index contributed by atoms with van der Waals surface area (Å²) in [5.41, 5.74) is 4.78. The Morgan fingerprint density at radius 3 is 1.62 bits per heavy atom. The SMILES string of the molecule is [2H]c1c([2H])c([2H])c(-c2c3c([2H])c([2H])c([2H])c([2H])c3c(-c3ccc(-c4ccc5oc6c(-c7ccccc7)cccc6c5c4)cc3)c3c([2H])c([2H])c([2H])c([2H])c23)c([2H])c1[2H]. The summed E-state index contributed by atoms with van der Waals surface area (Å²) in [7, 11) is 0. The molecule has 0 saturated carbocycles. The van der Waals surface area contributed by atoms with E-state index < -0.39 is 84.1 Å². The van der Waals surface area contributed by atoms with Crippen LogP contribution in [0.15, 0.2) is 174 Å². The Morgan fingerprint density at radius 1 is 0.378 bits per heavy atom. The maximum atomic E-state index is 9.18. The van der Waals surface area contributed by atoms with Crippen LogP contribution < -0.4 is 0 Å². The van der Waals surface area contributed by atoms with E-state index in [4.69, 9.17) is 19.5 Å². The van der Waals surface area contributed by atoms with Crippen molar-refractivity contribution in [2.24, 2.45) is 0 Å². The van der Waals surface area contributed by atoms with E-state index in [-0.39, 0.29) is 32.7 Å². The highest BCUT2D eigenvalue weighted by atomic mass is 16.3. The van der Waals surface area contributed by atoms with Crippen molar-refractivity contribution in [3.8, 4) is 44.5 Å². The Labute approximate surface area is 279 Å². The van der Waals surface area contributed by atoms with Crippen LogP contribution in [-0.4, -0.2) is 0 Å². The molecule has 0 amide bonds. The third-order valence-corrected chi connectivity index (χ3v) is 8.21. The first-order chi connectivity index (χ1) is 27.7. The monoisotopic (exact) mass is 585 g/mol. The summed E-state index contributed by atoms with van der Waals surface area (Å²) < 4.78 is 120. The van der Waals surface area contributed by atoms with Crippen LogP contribution in [0.1, 0.15) is 17.8 Å². The van der Waals surface area contributed by atoms with E-state index in [1.165, 1.54) is 0 Å². The molecule has 1 nitrogen and oxygen atoms in total. The molecule has 45 heavy (non-hydrogen) atoms. The number of benzene rings is 8. The normalized spacial score (nSPS) is 15.6. The van der Waals surface area contributed by atoms with Crippen LogP contribution in [0.25, 0.3) is 88.0 Å². The zero-order chi connectivity index (χ0) is 41.1. The lowest BCUT2D eigenvalue weighted by Gasteiger charge is -2.18. The van der Waals surface area contributed by atoms with Crippen molar-refractivity contribution in [3.63, 3.8) is 0 Å². The zero-order valence-electron chi connectivity index (χ0n) is 36.6. The number of hydrogen-bond donors (Lipinski definition) is 0. The van der Waals surface area contributed by atoms with E-state index in [2.05, 4.69) is 0 Å². The van der Waals surface area contributed by atoms with Crippen LogP contribution in [0.4, 0.5) is 0 Å². The van der Waals surface area contributed by atoms with Crippen LogP contribution in [0.3, 0.4) is 0 Å². The minimum Gasteiger partial charge on any atom is -0.455 e. The van der Waals surface area contributed by atoms with Crippen LogP contribution >= 0.6 is 0 Å². The fourth-order valence-corrected chi connectivity index (χ4v) is 6.19. The maximum Gasteiger partial charge on any atom is 0.143 e. The van der Waals surface area contributed by atoms with Gasteiger partial charge in [-0.25, -0.2) is 0 Å². The number of hydrogen-bond acceptors (Lipinski definition) is 1. The topological polar surface area (TPSA) is 13.1 Å². The first kappa shape index (κ1) is 15.7. The summed E-state index contributed by atoms with van der Waals surface area (Å²) in [6.45, 7) is 0. The van der Waals surface area contributed by atoms with E-state index in [9.17, 15) is 2.74 Å². The fraction of sp³-hybridized carbons (Fsp3) is 0. The highest BCUT2D eigenvalue weighted by Gasteiger charge is 2.17. The second-order valence-electron chi connectivity index (χ2n) is 10.7. The molecular weight excluding hydrogens is 544 g/mol. The predicted molar refractivity (Wildman–Crippen MR) is 190 cm³/mol. The Balaban J connectivity index is 1.33. The van der Waals surface area contributed by atoms with Crippen molar-refractivity contribution < 1.29 is 22.2 Å². The van der Waals surface area contributed by atoms with Gasteiger partial charge in [0.2, 0.25) is 0 Å². The zero-order valence-corrected chi connectivity index (χ0v) is 23.6. The summed E-state index contributed by atoms with van der Waals surface area (Å²) in [6.07, 6.45) is 0. The van der Waals surface area contributed by atoms with Crippen LogP contribution in [0.2, 0.25) is 0 Å². The standard InChI is InChI=1S/C44H28O/c1-3-12-30(13-4-1)34-20-11-21-39-40-28-33(26-27-41(40)45-44(34)39)29-22-24-32(25-23-29)43-37-18-9-7-16-35(37)42(31-14-5-2-6-15-31)36-17-8-10-19-38(36)43/h1-28H/i2D,5D,6D,7D,8D,9D,10D,14D,15D,16D,17D,18D,19D. The third kappa shape index (κ3) is 4.17. The van der Waals surface area contributed by atoms with Gasteiger partial charge in [0.15, 0.2) is 0 Å². The Morgan fingerprint density at radius 2 is 0.956 bits per heavy atom. The molecule has 1 heterocycles. The fourth-order valence-electron chi connectivity index (χ4n) is 6.19. The Hall–Kier alpha value is -5.92. The van der Waals surface area contributed by atoms with E-state index in [1.54, 1.807) is 12.1 Å². The van der Waals surface area contributed by atoms with Gasteiger partial charge in [-0.3, -0.25) is 0 Å². The van der Waals surface area contributed by atoms with Crippen LogP contribution in [-0.2, 0) is 0 Å². The molecule has 0 saturated heterocycles. The molecule has 8 aromatic carbocycles. The first-order valence-electron chi connectivity index (χ1n) is 20.9. The summed E-state index contributed by atoms with van der Waals surface area (Å²) in [5.74, 6) is 0. The van der Waals surface area contributed by atoms with Gasteiger partial charge in [0, 0.05) is 16.3 Å². The van der Waals surface area contributed by atoms with E-state index in [0.29, 0.717) is 11.1 Å². The van der Waals surface area contributed by atoms with Crippen LogP contribution in [0.5, 0.6) is 0 Å². The van der Waals surface area contributed by atoms with E-state index >= 15 is 0 Å². The number of furan rings is 1. The summed E-state index contributed by atoms with van der Waals surface area (Å²) in [5, 5.41) is 1.11. The van der Waals surface area contributed by atoms with Crippen molar-refractivity contribution in [3.05, 3.63) is 170 Å². The molecule has 0 aliphatic heterocycles. The third-order valence-electron chi connectivity index (χ3n) is 8.21. The Kier molecular flexibility index (Phi) is 3.62. The summed E-state index contributed by atoms with van der Waals surface area (Å²) >= 11 is 0. The lowest BCUT2D eigenvalue weighted by atomic mass is 9.86. The minimum atomic E-state index is -0.711. The number of rotatable bonds is 4. The van der Waals surface area contributed by atoms with Crippen molar-refractivity contribution in [2.75, 3.05) is 0 Å². The molecule has 210 valence electrons. The second-order valence-corrected chi connectivity index (χ2v) is 10.7. The van der Waals surface area contributed by atoms with Gasteiger partial charge in [0.05, 0.1) is 17.8 Å². The molecule has 1 heteroatoms. The van der Waals surface area contributed by atoms with Crippen molar-refractivity contribution in [1.29, 1.82) is 0 Å². The summed E-state index contributed by atoms with van der Waals surface area (Å²) in [6, 6.07) is 20.6. The van der Waals surface area contributed by atoms with Gasteiger partial charge < -0.3 is 4.42 Å². The van der Waals surface area contributed by atoms with Gasteiger partial charge in [-0.05, 0) is 72.6 Å². The van der Waals surface area contributed by atoms with Gasteiger partial charge in [0.25, 0.3) is 0 Å². The maximum absolute atomic E-state index is 9.18. The molecular formula is C44H28O. The first-order valence-corrected chi connectivity index (χ1v) is 14.4. The van der Waals surface area contributed by atoms with Gasteiger partial charge in [-0.1, -0.05) is 157 Å². The molecule has 0 unspecified atom stereocenters. The van der Waals surface area contributed by atoms with Crippen molar-refractivity contribution in [1.82, 2.24) is 0 Å². The summed E-state index contributed by atoms with van der Waals surface area (Å²) in [4.78, 5) is 0. The van der Waals surface area contributed by atoms with Gasteiger partial charge in [0.1, 0.15) is 11.2 Å². The van der Waals surface area contributed by atoms with Gasteiger partial charge in [-0.2, -0.15) is 0 Å². The average molecular weight is 586 g/mol. The molecule has 9 aromatic rings. The molecule has 1 aromatic heterocycles. The molecule has 0 aliphatic rings. The molecule has 0 bridgehead atoms. The molecule has 0 aliphatic carbocycles. The molecule has 0 fully saturated rings. The lowest BCUT2D eigenvalue weighted by Crippen LogP contribution is -1.90.